The second-order valence-electron chi connectivity index (χ2n) is 13.6. The first-order chi connectivity index (χ1) is 22.8. The van der Waals surface area contributed by atoms with E-state index in [4.69, 9.17) is 27.1 Å². The van der Waals surface area contributed by atoms with Crippen LogP contribution in [-0.2, 0) is 26.9 Å². The molecule has 4 aromatic rings. The van der Waals surface area contributed by atoms with Gasteiger partial charge in [-0.2, -0.15) is 19.0 Å². The van der Waals surface area contributed by atoms with Crippen molar-refractivity contribution in [3.8, 4) is 22.5 Å². The van der Waals surface area contributed by atoms with Crippen molar-refractivity contribution in [2.24, 2.45) is 29.1 Å². The van der Waals surface area contributed by atoms with Crippen molar-refractivity contribution in [1.29, 1.82) is 0 Å². The number of nitrogens with zero attached hydrogens (tertiary/aromatic N) is 7. The van der Waals surface area contributed by atoms with Crippen LogP contribution in [0, 0.1) is 11.3 Å². The highest BCUT2D eigenvalue weighted by Crippen LogP contribution is 2.45. The van der Waals surface area contributed by atoms with E-state index in [1.165, 1.54) is 23.6 Å². The van der Waals surface area contributed by atoms with E-state index in [0.29, 0.717) is 62.1 Å². The highest BCUT2D eigenvalue weighted by atomic mass is 35.5. The summed E-state index contributed by atoms with van der Waals surface area (Å²) in [5.41, 5.74) is 7.79. The number of guanidine groups is 1. The molecule has 1 saturated carbocycles. The van der Waals surface area contributed by atoms with Crippen LogP contribution < -0.4 is 5.73 Å². The van der Waals surface area contributed by atoms with Crippen LogP contribution in [0.1, 0.15) is 70.2 Å². The number of carbonyl (C=O) groups is 2. The third kappa shape index (κ3) is 6.69. The second kappa shape index (κ2) is 12.8. The molecule has 11 nitrogen and oxygen atoms in total. The summed E-state index contributed by atoms with van der Waals surface area (Å²) in [4.78, 5) is 38.3. The van der Waals surface area contributed by atoms with E-state index in [1.807, 2.05) is 20.8 Å². The molecule has 2 aliphatic rings. The van der Waals surface area contributed by atoms with Crippen LogP contribution in [0.3, 0.4) is 0 Å². The molecule has 1 aliphatic carbocycles. The molecule has 0 unspecified atom stereocenters. The van der Waals surface area contributed by atoms with Gasteiger partial charge in [0.05, 0.1) is 17.3 Å². The van der Waals surface area contributed by atoms with Crippen LogP contribution in [0.2, 0.25) is 5.02 Å². The summed E-state index contributed by atoms with van der Waals surface area (Å²) in [5, 5.41) is 8.32. The van der Waals surface area contributed by atoms with Crippen molar-refractivity contribution in [1.82, 2.24) is 29.4 Å². The fourth-order valence-electron chi connectivity index (χ4n) is 6.18. The molecule has 0 saturated heterocycles. The molecule has 0 spiro atoms. The fraction of sp³-hybridized carbons (Fsp3) is 0.412. The molecule has 1 fully saturated rings. The lowest BCUT2D eigenvalue weighted by atomic mass is 9.75. The van der Waals surface area contributed by atoms with Gasteiger partial charge in [0.2, 0.25) is 0 Å². The molecule has 2 atom stereocenters. The van der Waals surface area contributed by atoms with Gasteiger partial charge in [-0.3, -0.25) is 14.5 Å². The topological polar surface area (TPSA) is 134 Å². The normalized spacial score (nSPS) is 18.8. The number of hydrogen-bond donors (Lipinski definition) is 1. The molecule has 2 aromatic heterocycles. The van der Waals surface area contributed by atoms with E-state index < -0.39 is 18.1 Å². The number of rotatable bonds is 11. The average Bonchev–Trinajstić information content (AvgIpc) is 3.40. The molecule has 1 amide bonds. The van der Waals surface area contributed by atoms with Crippen molar-refractivity contribution in [3.63, 3.8) is 0 Å². The Kier molecular flexibility index (Phi) is 8.84. The Morgan fingerprint density at radius 1 is 1.12 bits per heavy atom. The Morgan fingerprint density at radius 3 is 2.46 bits per heavy atom. The van der Waals surface area contributed by atoms with Gasteiger partial charge >= 0.3 is 12.5 Å². The summed E-state index contributed by atoms with van der Waals surface area (Å²) < 4.78 is 34.3. The number of nitrogens with two attached hydrogens (primary N) is 1. The molecule has 14 heteroatoms. The number of hydrogen-bond acceptors (Lipinski definition) is 8. The number of aryl methyl sites for hydroxylation is 1. The Hall–Kier alpha value is -4.65. The number of esters is 1. The molecule has 6 rings (SSSR count). The number of alkyl halides is 2. The minimum absolute atomic E-state index is 0.0232. The van der Waals surface area contributed by atoms with Crippen LogP contribution in [0.5, 0.6) is 0 Å². The zero-order valence-corrected chi connectivity index (χ0v) is 27.9. The maximum absolute atomic E-state index is 14.9. The number of aliphatic imine (C=N–C) groups is 1. The van der Waals surface area contributed by atoms with Crippen molar-refractivity contribution < 1.29 is 23.1 Å². The average molecular weight is 679 g/mol. The molecule has 48 heavy (non-hydrogen) atoms. The summed E-state index contributed by atoms with van der Waals surface area (Å²) in [6, 6.07) is 11.4. The van der Waals surface area contributed by atoms with E-state index in [-0.39, 0.29) is 29.9 Å². The standard InChI is InChI=1S/C34H37ClF2N8O3/c1-33(2,3)18-34(24-10-7-21(8-11-24)23-15-40-44(16-23)31(36)37)30(47)45(32(38)42-34)27(17-48-28(46)13-20-5-6-20)22-9-12-26(35)25(14-22)29-39-19-41-43(29)4/h7-12,14-16,19-20,27,31H,5-6,13,17-18H2,1-4H3,(H2,38,42)/t27-,34-/m1/s1. The Balaban J connectivity index is 1.39. The number of carbonyl (C=O) groups excluding carboxylic acids is 2. The van der Waals surface area contributed by atoms with Crippen molar-refractivity contribution in [3.05, 3.63) is 77.3 Å². The molecule has 1 aliphatic heterocycles. The molecule has 2 aromatic carbocycles. The van der Waals surface area contributed by atoms with E-state index in [2.05, 4.69) is 15.2 Å². The summed E-state index contributed by atoms with van der Waals surface area (Å²) in [7, 11) is 1.74. The van der Waals surface area contributed by atoms with Gasteiger partial charge in [0, 0.05) is 30.8 Å². The molecule has 2 N–H and O–H groups in total. The number of benzene rings is 2. The SMILES string of the molecule is Cn1ncnc1-c1cc([C@@H](COC(=O)CC2CC2)N2C(=O)[C@@](CC(C)(C)C)(c3ccc(-c4cnn(C(F)F)c4)cc3)N=C2N)ccc1Cl. The molecule has 252 valence electrons. The molecular weight excluding hydrogens is 642 g/mol. The van der Waals surface area contributed by atoms with Gasteiger partial charge in [0.1, 0.15) is 12.9 Å². The fourth-order valence-corrected chi connectivity index (χ4v) is 6.38. The third-order valence-electron chi connectivity index (χ3n) is 8.60. The summed E-state index contributed by atoms with van der Waals surface area (Å²) in [5.74, 6) is 0.0820. The highest BCUT2D eigenvalue weighted by molar-refractivity contribution is 6.33. The monoisotopic (exact) mass is 678 g/mol. The minimum Gasteiger partial charge on any atom is -0.463 e. The lowest BCUT2D eigenvalue weighted by Gasteiger charge is -2.35. The predicted octanol–water partition coefficient (Wildman–Crippen LogP) is 6.27. The Morgan fingerprint density at radius 2 is 1.85 bits per heavy atom. The number of aromatic nitrogens is 5. The lowest BCUT2D eigenvalue weighted by Crippen LogP contribution is -2.47. The van der Waals surface area contributed by atoms with Crippen LogP contribution in [0.25, 0.3) is 22.5 Å². The smallest absolute Gasteiger partial charge is 0.333 e. The van der Waals surface area contributed by atoms with E-state index in [1.54, 1.807) is 54.2 Å². The van der Waals surface area contributed by atoms with Gasteiger partial charge in [-0.05, 0) is 59.4 Å². The minimum atomic E-state index is -2.76. The second-order valence-corrected chi connectivity index (χ2v) is 14.0. The van der Waals surface area contributed by atoms with Gasteiger partial charge in [-0.15, -0.1) is 0 Å². The van der Waals surface area contributed by atoms with E-state index in [9.17, 15) is 18.4 Å². The van der Waals surface area contributed by atoms with Gasteiger partial charge in [0.25, 0.3) is 5.91 Å². The number of halogens is 3. The maximum atomic E-state index is 14.9. The van der Waals surface area contributed by atoms with Crippen molar-refractivity contribution >= 4 is 29.4 Å². The van der Waals surface area contributed by atoms with Crippen LogP contribution >= 0.6 is 11.6 Å². The first-order valence-corrected chi connectivity index (χ1v) is 16.1. The largest absolute Gasteiger partial charge is 0.463 e. The van der Waals surface area contributed by atoms with Gasteiger partial charge < -0.3 is 10.5 Å². The van der Waals surface area contributed by atoms with Crippen LogP contribution in [-0.4, -0.2) is 53.9 Å². The van der Waals surface area contributed by atoms with Crippen LogP contribution in [0.15, 0.2) is 66.2 Å². The van der Waals surface area contributed by atoms with Crippen molar-refractivity contribution in [2.45, 2.75) is 64.6 Å². The van der Waals surface area contributed by atoms with E-state index >= 15 is 0 Å². The molecule has 0 radical (unpaired) electrons. The first-order valence-electron chi connectivity index (χ1n) is 15.7. The predicted molar refractivity (Wildman–Crippen MR) is 176 cm³/mol. The summed E-state index contributed by atoms with van der Waals surface area (Å²) in [6.45, 7) is 3.10. The zero-order valence-electron chi connectivity index (χ0n) is 27.1. The Labute approximate surface area is 281 Å². The van der Waals surface area contributed by atoms with E-state index in [0.717, 1.165) is 12.8 Å². The Bertz CT molecular complexity index is 1860. The maximum Gasteiger partial charge on any atom is 0.333 e. The van der Waals surface area contributed by atoms with Gasteiger partial charge in [0.15, 0.2) is 17.3 Å². The third-order valence-corrected chi connectivity index (χ3v) is 8.93. The van der Waals surface area contributed by atoms with Crippen LogP contribution in [0.4, 0.5) is 8.78 Å². The highest BCUT2D eigenvalue weighted by Gasteiger charge is 2.53. The summed E-state index contributed by atoms with van der Waals surface area (Å²) >= 11 is 6.61. The summed E-state index contributed by atoms with van der Waals surface area (Å²) in [6.07, 6.45) is 6.64. The lowest BCUT2D eigenvalue weighted by molar-refractivity contribution is -0.148. The molecule has 3 heterocycles. The van der Waals surface area contributed by atoms with Gasteiger partial charge in [-0.25, -0.2) is 19.3 Å². The molecular formula is C34H37ClF2N8O3. The van der Waals surface area contributed by atoms with Crippen molar-refractivity contribution in [2.75, 3.05) is 6.61 Å². The zero-order chi connectivity index (χ0) is 34.4. The first kappa shape index (κ1) is 33.3. The number of amides is 1. The molecule has 0 bridgehead atoms. The van der Waals surface area contributed by atoms with Gasteiger partial charge in [-0.1, -0.05) is 62.7 Å². The quantitative estimate of drug-likeness (QED) is 0.185. The number of ether oxygens (including phenoxy) is 1.